The van der Waals surface area contributed by atoms with E-state index >= 15 is 0 Å². The maximum atomic E-state index is 14.7. The zero-order valence-electron chi connectivity index (χ0n) is 20.0. The molecule has 1 N–H and O–H groups in total. The molecule has 7 nitrogen and oxygen atoms in total. The second kappa shape index (κ2) is 11.3. The maximum Gasteiger partial charge on any atom is 0.263 e. The third-order valence-corrected chi connectivity index (χ3v) is 8.15. The van der Waals surface area contributed by atoms with Crippen molar-refractivity contribution in [3.8, 4) is 0 Å². The van der Waals surface area contributed by atoms with Crippen LogP contribution in [0.2, 0.25) is 0 Å². The van der Waals surface area contributed by atoms with Gasteiger partial charge in [-0.3, -0.25) is 29.4 Å². The van der Waals surface area contributed by atoms with Crippen LogP contribution in [0.3, 0.4) is 0 Å². The number of likely N-dealkylation sites (tertiary alicyclic amines) is 1. The molecule has 1 unspecified atom stereocenters. The molecule has 0 radical (unpaired) electrons. The molecule has 0 saturated carbocycles. The standard InChI is InChI=1S/C25H30F3N3O4S/c26-17-7-6-16-20(24(35)31(23(16)34)18-8-9-19(32)29-22(18)33)21(17)36-15-5-3-1-2-4-12-30-13-10-25(27,28)11-14-30/h6-7,18H,1-5,8-15H2,(H,29,32,33). The summed E-state index contributed by atoms with van der Waals surface area (Å²) in [5.41, 5.74) is 0.0610. The average Bonchev–Trinajstić information content (AvgIpc) is 3.07. The van der Waals surface area contributed by atoms with E-state index in [2.05, 4.69) is 10.2 Å². The number of benzene rings is 1. The highest BCUT2D eigenvalue weighted by molar-refractivity contribution is 7.99. The van der Waals surface area contributed by atoms with Crippen LogP contribution in [0.25, 0.3) is 0 Å². The first kappa shape index (κ1) is 26.7. The van der Waals surface area contributed by atoms with Gasteiger partial charge in [0, 0.05) is 32.4 Å². The Labute approximate surface area is 212 Å². The molecule has 1 atom stereocenters. The quantitative estimate of drug-likeness (QED) is 0.282. The third kappa shape index (κ3) is 5.94. The van der Waals surface area contributed by atoms with Gasteiger partial charge in [-0.05, 0) is 43.7 Å². The summed E-state index contributed by atoms with van der Waals surface area (Å²) in [5, 5.41) is 2.15. The van der Waals surface area contributed by atoms with Gasteiger partial charge in [0.1, 0.15) is 11.9 Å². The molecule has 1 aromatic carbocycles. The van der Waals surface area contributed by atoms with Crippen molar-refractivity contribution in [2.24, 2.45) is 0 Å². The normalized spacial score (nSPS) is 22.2. The first-order valence-electron chi connectivity index (χ1n) is 12.4. The van der Waals surface area contributed by atoms with E-state index in [1.807, 2.05) is 0 Å². The van der Waals surface area contributed by atoms with Crippen LogP contribution in [0.5, 0.6) is 0 Å². The number of unbranched alkanes of at least 4 members (excludes halogenated alkanes) is 4. The number of nitrogens with zero attached hydrogens (tertiary/aromatic N) is 2. The molecule has 0 bridgehead atoms. The molecule has 3 heterocycles. The van der Waals surface area contributed by atoms with E-state index in [-0.39, 0.29) is 41.7 Å². The Hall–Kier alpha value is -2.40. The Kier molecular flexibility index (Phi) is 8.39. The van der Waals surface area contributed by atoms with Crippen molar-refractivity contribution in [3.05, 3.63) is 29.1 Å². The van der Waals surface area contributed by atoms with Gasteiger partial charge in [-0.2, -0.15) is 0 Å². The van der Waals surface area contributed by atoms with Crippen molar-refractivity contribution in [2.75, 3.05) is 25.4 Å². The number of rotatable bonds is 10. The Morgan fingerprint density at radius 1 is 0.972 bits per heavy atom. The van der Waals surface area contributed by atoms with Crippen LogP contribution in [0.15, 0.2) is 17.0 Å². The van der Waals surface area contributed by atoms with Crippen LogP contribution in [0.4, 0.5) is 13.2 Å². The van der Waals surface area contributed by atoms with Crippen LogP contribution in [-0.2, 0) is 9.59 Å². The summed E-state index contributed by atoms with van der Waals surface area (Å²) < 4.78 is 41.1. The highest BCUT2D eigenvalue weighted by atomic mass is 32.2. The van der Waals surface area contributed by atoms with Gasteiger partial charge in [0.05, 0.1) is 16.0 Å². The number of hydrogen-bond donors (Lipinski definition) is 1. The molecule has 3 aliphatic heterocycles. The lowest BCUT2D eigenvalue weighted by Crippen LogP contribution is -2.54. The van der Waals surface area contributed by atoms with E-state index < -0.39 is 41.4 Å². The van der Waals surface area contributed by atoms with Gasteiger partial charge in [0.25, 0.3) is 17.7 Å². The summed E-state index contributed by atoms with van der Waals surface area (Å²) in [4.78, 5) is 52.7. The number of thioether (sulfide) groups is 1. The number of fused-ring (bicyclic) bond motifs is 1. The lowest BCUT2D eigenvalue weighted by Gasteiger charge is -2.31. The highest BCUT2D eigenvalue weighted by Gasteiger charge is 2.46. The van der Waals surface area contributed by atoms with Crippen LogP contribution in [0, 0.1) is 5.82 Å². The van der Waals surface area contributed by atoms with Crippen molar-refractivity contribution in [1.29, 1.82) is 0 Å². The van der Waals surface area contributed by atoms with Gasteiger partial charge in [-0.15, -0.1) is 11.8 Å². The van der Waals surface area contributed by atoms with E-state index in [0.29, 0.717) is 18.8 Å². The average molecular weight is 526 g/mol. The predicted octanol–water partition coefficient (Wildman–Crippen LogP) is 4.00. The largest absolute Gasteiger partial charge is 0.303 e. The summed E-state index contributed by atoms with van der Waals surface area (Å²) in [6.07, 6.45) is 4.55. The van der Waals surface area contributed by atoms with Gasteiger partial charge in [0.2, 0.25) is 11.8 Å². The molecule has 1 aromatic rings. The van der Waals surface area contributed by atoms with Gasteiger partial charge < -0.3 is 4.90 Å². The summed E-state index contributed by atoms with van der Waals surface area (Å²) in [6.45, 7) is 1.71. The summed E-state index contributed by atoms with van der Waals surface area (Å²) in [6, 6.07) is 1.35. The molecule has 2 saturated heterocycles. The van der Waals surface area contributed by atoms with Crippen molar-refractivity contribution in [1.82, 2.24) is 15.1 Å². The zero-order chi connectivity index (χ0) is 25.9. The monoisotopic (exact) mass is 525 g/mol. The molecule has 4 rings (SSSR count). The molecule has 36 heavy (non-hydrogen) atoms. The fourth-order valence-corrected chi connectivity index (χ4v) is 5.99. The minimum atomic E-state index is -2.52. The lowest BCUT2D eigenvalue weighted by molar-refractivity contribution is -0.136. The van der Waals surface area contributed by atoms with Crippen LogP contribution in [-0.4, -0.2) is 70.8 Å². The highest BCUT2D eigenvalue weighted by Crippen LogP contribution is 2.36. The van der Waals surface area contributed by atoms with E-state index in [1.165, 1.54) is 17.8 Å². The number of alkyl halides is 2. The van der Waals surface area contributed by atoms with E-state index in [9.17, 15) is 32.3 Å². The smallest absolute Gasteiger partial charge is 0.263 e. The number of hydrogen-bond acceptors (Lipinski definition) is 6. The second-order valence-electron chi connectivity index (χ2n) is 9.56. The SMILES string of the molecule is O=C1CCC(N2C(=O)c3ccc(F)c(SCCCCCCCN4CCC(F)(F)CC4)c3C2=O)C(=O)N1. The minimum absolute atomic E-state index is 0.0122. The molecular formula is C25H30F3N3O4S. The maximum absolute atomic E-state index is 14.7. The van der Waals surface area contributed by atoms with Gasteiger partial charge in [-0.25, -0.2) is 13.2 Å². The Morgan fingerprint density at radius 2 is 1.67 bits per heavy atom. The van der Waals surface area contributed by atoms with Crippen molar-refractivity contribution in [2.45, 2.75) is 74.6 Å². The molecule has 196 valence electrons. The summed E-state index contributed by atoms with van der Waals surface area (Å²) >= 11 is 1.19. The topological polar surface area (TPSA) is 86.8 Å². The van der Waals surface area contributed by atoms with Gasteiger partial charge >= 0.3 is 0 Å². The third-order valence-electron chi connectivity index (χ3n) is 6.97. The van der Waals surface area contributed by atoms with Crippen molar-refractivity contribution >= 4 is 35.4 Å². The number of amides is 4. The lowest BCUT2D eigenvalue weighted by atomic mass is 10.0. The molecule has 0 aromatic heterocycles. The number of carbonyl (C=O) groups excluding carboxylic acids is 4. The van der Waals surface area contributed by atoms with Gasteiger partial charge in [-0.1, -0.05) is 19.3 Å². The minimum Gasteiger partial charge on any atom is -0.303 e. The zero-order valence-corrected chi connectivity index (χ0v) is 20.8. The first-order valence-corrected chi connectivity index (χ1v) is 13.4. The van der Waals surface area contributed by atoms with E-state index in [4.69, 9.17) is 0 Å². The molecule has 4 amide bonds. The molecule has 2 fully saturated rings. The van der Waals surface area contributed by atoms with Crippen molar-refractivity contribution < 1.29 is 32.3 Å². The number of carbonyl (C=O) groups is 4. The van der Waals surface area contributed by atoms with Gasteiger partial charge in [0.15, 0.2) is 0 Å². The number of imide groups is 2. The molecule has 0 spiro atoms. The van der Waals surface area contributed by atoms with E-state index in [0.717, 1.165) is 49.6 Å². The van der Waals surface area contributed by atoms with Crippen LogP contribution >= 0.6 is 11.8 Å². The summed E-state index contributed by atoms with van der Waals surface area (Å²) in [5.74, 6) is -5.05. The Morgan fingerprint density at radius 3 is 2.39 bits per heavy atom. The predicted molar refractivity (Wildman–Crippen MR) is 128 cm³/mol. The van der Waals surface area contributed by atoms with E-state index in [1.54, 1.807) is 0 Å². The molecule has 3 aliphatic rings. The fraction of sp³-hybridized carbons (Fsp3) is 0.600. The second-order valence-corrected chi connectivity index (χ2v) is 10.7. The fourth-order valence-electron chi connectivity index (χ4n) is 4.89. The summed E-state index contributed by atoms with van der Waals surface area (Å²) in [7, 11) is 0. The molecule has 11 heteroatoms. The molecule has 0 aliphatic carbocycles. The Balaban J connectivity index is 1.24. The number of halogens is 3. The van der Waals surface area contributed by atoms with Crippen molar-refractivity contribution in [3.63, 3.8) is 0 Å². The van der Waals surface area contributed by atoms with Crippen LogP contribution < -0.4 is 5.32 Å². The Bertz CT molecular complexity index is 1040. The first-order chi connectivity index (χ1) is 17.2. The van der Waals surface area contributed by atoms with Crippen LogP contribution in [0.1, 0.15) is 78.5 Å². The molecular weight excluding hydrogens is 495 g/mol. The number of piperidine rings is 2. The number of nitrogens with one attached hydrogen (secondary N) is 1.